The third kappa shape index (κ3) is 2.70. The van der Waals surface area contributed by atoms with Crippen molar-refractivity contribution in [2.45, 2.75) is 26.4 Å². The molecule has 2 rings (SSSR count). The zero-order valence-electron chi connectivity index (χ0n) is 10.1. The van der Waals surface area contributed by atoms with Gasteiger partial charge in [-0.1, -0.05) is 11.6 Å². The van der Waals surface area contributed by atoms with E-state index in [2.05, 4.69) is 29.2 Å². The van der Waals surface area contributed by atoms with E-state index in [4.69, 9.17) is 11.6 Å². The SMILES string of the molecule is CNCc1cc2cnn(C(C)C)c2nc1Cl.Cl. The molecule has 0 radical (unpaired) electrons. The molecule has 0 amide bonds. The van der Waals surface area contributed by atoms with Crippen LogP contribution in [0.1, 0.15) is 25.5 Å². The number of fused-ring (bicyclic) bond motifs is 1. The average molecular weight is 275 g/mol. The Hall–Kier alpha value is -0.840. The highest BCUT2D eigenvalue weighted by molar-refractivity contribution is 6.30. The van der Waals surface area contributed by atoms with Crippen LogP contribution in [0.3, 0.4) is 0 Å². The Labute approximate surface area is 112 Å². The summed E-state index contributed by atoms with van der Waals surface area (Å²) in [5, 5.41) is 8.96. The summed E-state index contributed by atoms with van der Waals surface area (Å²) in [5.74, 6) is 0. The molecule has 0 atom stereocenters. The van der Waals surface area contributed by atoms with Crippen molar-refractivity contribution >= 4 is 35.0 Å². The van der Waals surface area contributed by atoms with Crippen molar-refractivity contribution in [3.63, 3.8) is 0 Å². The molecule has 0 aliphatic rings. The minimum absolute atomic E-state index is 0. The highest BCUT2D eigenvalue weighted by atomic mass is 35.5. The van der Waals surface area contributed by atoms with E-state index < -0.39 is 0 Å². The van der Waals surface area contributed by atoms with Crippen LogP contribution in [0.4, 0.5) is 0 Å². The van der Waals surface area contributed by atoms with Crippen LogP contribution in [0.15, 0.2) is 12.3 Å². The van der Waals surface area contributed by atoms with Crippen molar-refractivity contribution in [1.82, 2.24) is 20.1 Å². The molecule has 0 saturated carbocycles. The van der Waals surface area contributed by atoms with Gasteiger partial charge in [0.05, 0.1) is 6.20 Å². The fourth-order valence-electron chi connectivity index (χ4n) is 1.69. The van der Waals surface area contributed by atoms with E-state index in [1.807, 2.05) is 24.0 Å². The monoisotopic (exact) mass is 274 g/mol. The van der Waals surface area contributed by atoms with Gasteiger partial charge >= 0.3 is 0 Å². The Kier molecular flexibility index (Phi) is 4.74. The molecule has 0 aliphatic carbocycles. The van der Waals surface area contributed by atoms with Crippen molar-refractivity contribution in [1.29, 1.82) is 0 Å². The lowest BCUT2D eigenvalue weighted by atomic mass is 10.2. The summed E-state index contributed by atoms with van der Waals surface area (Å²) in [7, 11) is 1.89. The van der Waals surface area contributed by atoms with E-state index in [-0.39, 0.29) is 18.4 Å². The summed E-state index contributed by atoms with van der Waals surface area (Å²) >= 11 is 6.12. The first kappa shape index (κ1) is 14.2. The minimum atomic E-state index is 0. The minimum Gasteiger partial charge on any atom is -0.316 e. The van der Waals surface area contributed by atoms with Crippen molar-refractivity contribution in [3.05, 3.63) is 23.0 Å². The molecular weight excluding hydrogens is 259 g/mol. The molecule has 94 valence electrons. The first-order valence-corrected chi connectivity index (χ1v) is 5.68. The second-order valence-corrected chi connectivity index (χ2v) is 4.42. The molecule has 0 aliphatic heterocycles. The maximum atomic E-state index is 6.12. The summed E-state index contributed by atoms with van der Waals surface area (Å²) in [6.07, 6.45) is 1.83. The molecule has 0 saturated heterocycles. The van der Waals surface area contributed by atoms with E-state index in [0.717, 1.165) is 16.6 Å². The maximum Gasteiger partial charge on any atom is 0.159 e. The van der Waals surface area contributed by atoms with Crippen LogP contribution in [0, 0.1) is 0 Å². The molecule has 17 heavy (non-hydrogen) atoms. The van der Waals surface area contributed by atoms with Crippen molar-refractivity contribution in [3.8, 4) is 0 Å². The lowest BCUT2D eigenvalue weighted by Crippen LogP contribution is -2.07. The number of aromatic nitrogens is 3. The van der Waals surface area contributed by atoms with E-state index >= 15 is 0 Å². The largest absolute Gasteiger partial charge is 0.316 e. The molecule has 4 nitrogen and oxygen atoms in total. The number of nitrogens with zero attached hydrogens (tertiary/aromatic N) is 3. The van der Waals surface area contributed by atoms with Gasteiger partial charge in [0.1, 0.15) is 5.15 Å². The zero-order chi connectivity index (χ0) is 11.7. The molecule has 0 bridgehead atoms. The quantitative estimate of drug-likeness (QED) is 0.876. The standard InChI is InChI=1S/C11H15ClN4.ClH/c1-7(2)16-11-9(6-14-16)4-8(5-13-3)10(12)15-11;/h4,6-7,13H,5H2,1-3H3;1H. The summed E-state index contributed by atoms with van der Waals surface area (Å²) in [4.78, 5) is 4.40. The van der Waals surface area contributed by atoms with Gasteiger partial charge in [-0.25, -0.2) is 9.67 Å². The normalized spacial score (nSPS) is 10.9. The predicted octanol–water partition coefficient (Wildman–Crippen LogP) is 2.81. The fourth-order valence-corrected chi connectivity index (χ4v) is 1.89. The van der Waals surface area contributed by atoms with Crippen LogP contribution >= 0.6 is 24.0 Å². The summed E-state index contributed by atoms with van der Waals surface area (Å²) in [6, 6.07) is 2.32. The third-order valence-electron chi connectivity index (χ3n) is 2.45. The fraction of sp³-hybridized carbons (Fsp3) is 0.455. The number of pyridine rings is 1. The van der Waals surface area contributed by atoms with Crippen LogP contribution in [0.2, 0.25) is 5.15 Å². The Bertz CT molecular complexity index is 507. The lowest BCUT2D eigenvalue weighted by Gasteiger charge is -2.07. The topological polar surface area (TPSA) is 42.7 Å². The number of hydrogen-bond acceptors (Lipinski definition) is 3. The van der Waals surface area contributed by atoms with Gasteiger partial charge in [0.15, 0.2) is 5.65 Å². The Morgan fingerprint density at radius 3 is 2.76 bits per heavy atom. The van der Waals surface area contributed by atoms with E-state index in [0.29, 0.717) is 11.7 Å². The summed E-state index contributed by atoms with van der Waals surface area (Å²) in [6.45, 7) is 4.86. The predicted molar refractivity (Wildman–Crippen MR) is 72.9 cm³/mol. The van der Waals surface area contributed by atoms with Gasteiger partial charge < -0.3 is 5.32 Å². The van der Waals surface area contributed by atoms with Crippen LogP contribution in [0.25, 0.3) is 11.0 Å². The first-order valence-electron chi connectivity index (χ1n) is 5.30. The lowest BCUT2D eigenvalue weighted by molar-refractivity contribution is 0.546. The first-order chi connectivity index (χ1) is 7.63. The second-order valence-electron chi connectivity index (χ2n) is 4.06. The van der Waals surface area contributed by atoms with Crippen molar-refractivity contribution in [2.24, 2.45) is 0 Å². The highest BCUT2D eigenvalue weighted by Crippen LogP contribution is 2.22. The van der Waals surface area contributed by atoms with E-state index in [9.17, 15) is 0 Å². The van der Waals surface area contributed by atoms with Crippen LogP contribution < -0.4 is 5.32 Å². The molecule has 6 heteroatoms. The zero-order valence-corrected chi connectivity index (χ0v) is 11.6. The van der Waals surface area contributed by atoms with Gasteiger partial charge in [-0.3, -0.25) is 0 Å². The molecule has 2 heterocycles. The van der Waals surface area contributed by atoms with Crippen molar-refractivity contribution < 1.29 is 0 Å². The van der Waals surface area contributed by atoms with Gasteiger partial charge in [0.25, 0.3) is 0 Å². The van der Waals surface area contributed by atoms with Crippen LogP contribution in [-0.4, -0.2) is 21.8 Å². The highest BCUT2D eigenvalue weighted by Gasteiger charge is 2.10. The Balaban J connectivity index is 0.00000144. The number of nitrogens with one attached hydrogen (secondary N) is 1. The third-order valence-corrected chi connectivity index (χ3v) is 2.78. The number of halogens is 2. The van der Waals surface area contributed by atoms with Gasteiger partial charge in [0.2, 0.25) is 0 Å². The van der Waals surface area contributed by atoms with Gasteiger partial charge in [0, 0.05) is 23.5 Å². The van der Waals surface area contributed by atoms with E-state index in [1.54, 1.807) is 0 Å². The summed E-state index contributed by atoms with van der Waals surface area (Å²) < 4.78 is 1.88. The van der Waals surface area contributed by atoms with E-state index in [1.165, 1.54) is 0 Å². The van der Waals surface area contributed by atoms with Gasteiger partial charge in [-0.2, -0.15) is 5.10 Å². The maximum absolute atomic E-state index is 6.12. The van der Waals surface area contributed by atoms with Crippen LogP contribution in [0.5, 0.6) is 0 Å². The molecular formula is C11H16Cl2N4. The molecule has 0 fully saturated rings. The van der Waals surface area contributed by atoms with Crippen LogP contribution in [-0.2, 0) is 6.54 Å². The molecule has 0 unspecified atom stereocenters. The van der Waals surface area contributed by atoms with Crippen molar-refractivity contribution in [2.75, 3.05) is 7.05 Å². The second kappa shape index (κ2) is 5.67. The molecule has 2 aromatic rings. The molecule has 0 aromatic carbocycles. The molecule has 0 spiro atoms. The smallest absolute Gasteiger partial charge is 0.159 e. The van der Waals surface area contributed by atoms with Gasteiger partial charge in [-0.15, -0.1) is 12.4 Å². The molecule has 2 aromatic heterocycles. The Morgan fingerprint density at radius 2 is 2.18 bits per heavy atom. The number of hydrogen-bond donors (Lipinski definition) is 1. The summed E-state index contributed by atoms with van der Waals surface area (Å²) in [5.41, 5.74) is 1.85. The Morgan fingerprint density at radius 1 is 1.47 bits per heavy atom. The molecule has 1 N–H and O–H groups in total. The number of rotatable bonds is 3. The average Bonchev–Trinajstić information content (AvgIpc) is 2.61. The van der Waals surface area contributed by atoms with Gasteiger partial charge in [-0.05, 0) is 27.0 Å².